The summed E-state index contributed by atoms with van der Waals surface area (Å²) in [6.45, 7) is 1.98. The van der Waals surface area contributed by atoms with Crippen molar-refractivity contribution in [3.63, 3.8) is 0 Å². The van der Waals surface area contributed by atoms with Crippen molar-refractivity contribution in [3.05, 3.63) is 71.1 Å². The summed E-state index contributed by atoms with van der Waals surface area (Å²) in [5.74, 6) is -0.00226. The molecule has 0 N–H and O–H groups in total. The summed E-state index contributed by atoms with van der Waals surface area (Å²) in [7, 11) is 1.91. The van der Waals surface area contributed by atoms with E-state index in [1.807, 2.05) is 47.3 Å². The number of nitrogens with zero attached hydrogens (tertiary/aromatic N) is 5. The first-order valence-corrected chi connectivity index (χ1v) is 10.8. The quantitative estimate of drug-likeness (QED) is 0.487. The Morgan fingerprint density at radius 1 is 1.07 bits per heavy atom. The lowest BCUT2D eigenvalue weighted by Crippen LogP contribution is -2.36. The Hall–Kier alpha value is -3.32. The molecule has 0 radical (unpaired) electrons. The van der Waals surface area contributed by atoms with Crippen LogP contribution < -0.4 is 0 Å². The van der Waals surface area contributed by atoms with Gasteiger partial charge in [0.1, 0.15) is 16.4 Å². The highest BCUT2D eigenvalue weighted by Crippen LogP contribution is 2.54. The van der Waals surface area contributed by atoms with E-state index in [1.165, 1.54) is 11.3 Å². The lowest BCUT2D eigenvalue weighted by Gasteiger charge is -2.27. The van der Waals surface area contributed by atoms with Crippen LogP contribution in [0.15, 0.2) is 54.2 Å². The third-order valence-electron chi connectivity index (χ3n) is 6.22. The molecule has 6 nitrogen and oxygen atoms in total. The van der Waals surface area contributed by atoms with E-state index in [2.05, 4.69) is 34.2 Å². The third kappa shape index (κ3) is 2.42. The maximum absolute atomic E-state index is 13.4. The van der Waals surface area contributed by atoms with Gasteiger partial charge in [-0.3, -0.25) is 9.78 Å². The van der Waals surface area contributed by atoms with Gasteiger partial charge in [-0.15, -0.1) is 11.3 Å². The fraction of sp³-hybridized carbons (Fsp3) is 0.217. The van der Waals surface area contributed by atoms with Gasteiger partial charge < -0.3 is 4.90 Å². The van der Waals surface area contributed by atoms with E-state index in [1.54, 1.807) is 6.20 Å². The third-order valence-corrected chi connectivity index (χ3v) is 7.02. The molecule has 1 saturated carbocycles. The number of rotatable bonds is 2. The first-order chi connectivity index (χ1) is 14.6. The van der Waals surface area contributed by atoms with E-state index >= 15 is 0 Å². The van der Waals surface area contributed by atoms with Crippen LogP contribution in [0.25, 0.3) is 27.5 Å². The number of carbonyl (C=O) groups excluding carboxylic acids is 1. The van der Waals surface area contributed by atoms with Crippen molar-refractivity contribution in [1.29, 1.82) is 0 Å². The zero-order valence-corrected chi connectivity index (χ0v) is 17.5. The van der Waals surface area contributed by atoms with Gasteiger partial charge in [0.2, 0.25) is 0 Å². The molecule has 1 aliphatic carbocycles. The zero-order valence-electron chi connectivity index (χ0n) is 16.7. The standard InChI is InChI=1S/C23H19N5OS/c1-14-3-4-16(13-25-14)15-5-6-17-19(11-15)28-20(22(29)27(2)23(17)7-8-23)12-18(26-28)21-24-9-10-30-21/h3-6,9-13H,7-8H2,1-2H3. The topological polar surface area (TPSA) is 63.9 Å². The molecule has 0 saturated heterocycles. The van der Waals surface area contributed by atoms with Gasteiger partial charge in [-0.25, -0.2) is 9.67 Å². The summed E-state index contributed by atoms with van der Waals surface area (Å²) in [6, 6.07) is 12.4. The number of thiazole rings is 1. The summed E-state index contributed by atoms with van der Waals surface area (Å²) in [5, 5.41) is 7.56. The molecule has 148 valence electrons. The number of aryl methyl sites for hydroxylation is 1. The van der Waals surface area contributed by atoms with Crippen LogP contribution in [0.2, 0.25) is 0 Å². The Labute approximate surface area is 177 Å². The Kier molecular flexibility index (Phi) is 3.56. The molecule has 4 aromatic rings. The molecule has 3 aromatic heterocycles. The maximum atomic E-state index is 13.4. The van der Waals surface area contributed by atoms with Crippen molar-refractivity contribution in [2.45, 2.75) is 25.3 Å². The van der Waals surface area contributed by atoms with Crippen LogP contribution in [-0.2, 0) is 5.54 Å². The van der Waals surface area contributed by atoms with Gasteiger partial charge in [0.05, 0.1) is 11.2 Å². The van der Waals surface area contributed by atoms with Gasteiger partial charge in [0.15, 0.2) is 0 Å². The van der Waals surface area contributed by atoms with Gasteiger partial charge in [0.25, 0.3) is 5.91 Å². The number of aromatic nitrogens is 4. The molecule has 0 unspecified atom stereocenters. The number of amides is 1. The fourth-order valence-electron chi connectivity index (χ4n) is 4.36. The number of benzene rings is 1. The molecule has 6 rings (SSSR count). The van der Waals surface area contributed by atoms with Crippen molar-refractivity contribution in [1.82, 2.24) is 24.6 Å². The van der Waals surface area contributed by atoms with Gasteiger partial charge in [-0.2, -0.15) is 5.10 Å². The maximum Gasteiger partial charge on any atom is 0.273 e. The van der Waals surface area contributed by atoms with E-state index in [-0.39, 0.29) is 11.4 Å². The fourth-order valence-corrected chi connectivity index (χ4v) is 4.95. The molecule has 1 aromatic carbocycles. The Bertz CT molecular complexity index is 1290. The summed E-state index contributed by atoms with van der Waals surface area (Å²) < 4.78 is 1.81. The number of hydrogen-bond acceptors (Lipinski definition) is 5. The number of fused-ring (bicyclic) bond motifs is 4. The second kappa shape index (κ2) is 6.09. The highest BCUT2D eigenvalue weighted by molar-refractivity contribution is 7.13. The molecule has 2 aliphatic rings. The van der Waals surface area contributed by atoms with Crippen LogP contribution in [0, 0.1) is 6.92 Å². The first kappa shape index (κ1) is 17.5. The van der Waals surface area contributed by atoms with Crippen LogP contribution >= 0.6 is 11.3 Å². The molecule has 1 amide bonds. The number of hydrogen-bond donors (Lipinski definition) is 0. The first-order valence-electron chi connectivity index (χ1n) is 9.93. The van der Waals surface area contributed by atoms with Crippen LogP contribution in [-0.4, -0.2) is 37.6 Å². The van der Waals surface area contributed by atoms with E-state index in [0.29, 0.717) is 5.69 Å². The minimum absolute atomic E-state index is 0.00226. The smallest absolute Gasteiger partial charge is 0.273 e. The van der Waals surface area contributed by atoms with Crippen molar-refractivity contribution in [3.8, 4) is 27.5 Å². The SMILES string of the molecule is Cc1ccc(-c2ccc3c(c2)-n2nc(-c4nccs4)cc2C(=O)N(C)C32CC2)cn1. The van der Waals surface area contributed by atoms with Gasteiger partial charge in [-0.05, 0) is 37.5 Å². The van der Waals surface area contributed by atoms with Gasteiger partial charge >= 0.3 is 0 Å². The zero-order chi connectivity index (χ0) is 20.5. The van der Waals surface area contributed by atoms with Crippen molar-refractivity contribution >= 4 is 17.2 Å². The normalized spacial score (nSPS) is 16.3. The summed E-state index contributed by atoms with van der Waals surface area (Å²) in [6.07, 6.45) is 5.59. The number of carbonyl (C=O) groups is 1. The predicted molar refractivity (Wildman–Crippen MR) is 116 cm³/mol. The molecule has 30 heavy (non-hydrogen) atoms. The lowest BCUT2D eigenvalue weighted by molar-refractivity contribution is 0.0704. The van der Waals surface area contributed by atoms with Crippen LogP contribution in [0.3, 0.4) is 0 Å². The Morgan fingerprint density at radius 3 is 2.60 bits per heavy atom. The largest absolute Gasteiger partial charge is 0.331 e. The van der Waals surface area contributed by atoms with Crippen molar-refractivity contribution in [2.24, 2.45) is 0 Å². The summed E-state index contributed by atoms with van der Waals surface area (Å²) in [5.41, 5.74) is 6.26. The monoisotopic (exact) mass is 413 g/mol. The molecular weight excluding hydrogens is 394 g/mol. The summed E-state index contributed by atoms with van der Waals surface area (Å²) >= 11 is 1.52. The Balaban J connectivity index is 1.59. The molecule has 0 bridgehead atoms. The minimum atomic E-state index is -0.238. The number of pyridine rings is 1. The van der Waals surface area contributed by atoms with Gasteiger partial charge in [0, 0.05) is 47.7 Å². The lowest BCUT2D eigenvalue weighted by atomic mass is 9.97. The van der Waals surface area contributed by atoms with E-state index in [0.717, 1.165) is 51.6 Å². The second-order valence-electron chi connectivity index (χ2n) is 7.98. The van der Waals surface area contributed by atoms with E-state index in [9.17, 15) is 4.79 Å². The van der Waals surface area contributed by atoms with Crippen molar-refractivity contribution < 1.29 is 4.79 Å². The highest BCUT2D eigenvalue weighted by atomic mass is 32.1. The Morgan fingerprint density at radius 2 is 1.90 bits per heavy atom. The molecule has 0 atom stereocenters. The second-order valence-corrected chi connectivity index (χ2v) is 8.87. The molecule has 1 aliphatic heterocycles. The molecule has 7 heteroatoms. The van der Waals surface area contributed by atoms with E-state index in [4.69, 9.17) is 5.10 Å². The van der Waals surface area contributed by atoms with Crippen molar-refractivity contribution in [2.75, 3.05) is 7.05 Å². The average Bonchev–Trinajstić information content (AvgIpc) is 3.19. The highest BCUT2D eigenvalue weighted by Gasteiger charge is 2.53. The van der Waals surface area contributed by atoms with Crippen LogP contribution in [0.4, 0.5) is 0 Å². The average molecular weight is 414 g/mol. The van der Waals surface area contributed by atoms with Gasteiger partial charge in [-0.1, -0.05) is 18.2 Å². The molecular formula is C23H19N5OS. The minimum Gasteiger partial charge on any atom is -0.331 e. The van der Waals surface area contributed by atoms with Crippen LogP contribution in [0.5, 0.6) is 0 Å². The summed E-state index contributed by atoms with van der Waals surface area (Å²) in [4.78, 5) is 24.1. The molecule has 1 fully saturated rings. The van der Waals surface area contributed by atoms with E-state index < -0.39 is 0 Å². The predicted octanol–water partition coefficient (Wildman–Crippen LogP) is 4.44. The molecule has 4 heterocycles. The van der Waals surface area contributed by atoms with Crippen LogP contribution in [0.1, 0.15) is 34.6 Å². The molecule has 1 spiro atoms.